The van der Waals surface area contributed by atoms with Gasteiger partial charge in [-0.2, -0.15) is 0 Å². The third-order valence-corrected chi connectivity index (χ3v) is 6.35. The second-order valence-corrected chi connectivity index (χ2v) is 8.71. The van der Waals surface area contributed by atoms with Gasteiger partial charge in [-0.3, -0.25) is 0 Å². The summed E-state index contributed by atoms with van der Waals surface area (Å²) in [6.45, 7) is 9.89. The first-order valence-electron chi connectivity index (χ1n) is 9.41. The van der Waals surface area contributed by atoms with Crippen molar-refractivity contribution in [3.8, 4) is 0 Å². The van der Waals surface area contributed by atoms with Crippen molar-refractivity contribution in [2.24, 2.45) is 11.8 Å². The van der Waals surface area contributed by atoms with Gasteiger partial charge in [0.25, 0.3) is 0 Å². The molecule has 0 saturated heterocycles. The monoisotopic (exact) mass is 346 g/mol. The Bertz CT molecular complexity index is 533. The number of hydrogen-bond acceptors (Lipinski definition) is 3. The zero-order chi connectivity index (χ0) is 17.5. The first-order chi connectivity index (χ1) is 11.5. The van der Waals surface area contributed by atoms with Gasteiger partial charge in [-0.25, -0.2) is 0 Å². The molecule has 1 fully saturated rings. The number of nitrogens with one attached hydrogen (secondary N) is 1. The molecule has 2 rings (SSSR count). The molecule has 1 unspecified atom stereocenters. The highest BCUT2D eigenvalue weighted by Gasteiger charge is 2.24. The molecule has 0 amide bonds. The van der Waals surface area contributed by atoms with Crippen LogP contribution < -0.4 is 11.1 Å². The molecule has 0 radical (unpaired) electrons. The fraction of sp³-hybridized carbons (Fsp3) is 0.619. The predicted molar refractivity (Wildman–Crippen MR) is 109 cm³/mol. The van der Waals surface area contributed by atoms with Crippen LogP contribution in [0.3, 0.4) is 0 Å². The Morgan fingerprint density at radius 3 is 2.67 bits per heavy atom. The largest absolute Gasteiger partial charge is 0.398 e. The Kier molecular flexibility index (Phi) is 7.70. The minimum Gasteiger partial charge on any atom is -0.398 e. The van der Waals surface area contributed by atoms with E-state index in [0.29, 0.717) is 5.92 Å². The number of allylic oxidation sites excluding steroid dienone is 1. The van der Waals surface area contributed by atoms with Gasteiger partial charge in [-0.1, -0.05) is 63.9 Å². The zero-order valence-corrected chi connectivity index (χ0v) is 16.4. The summed E-state index contributed by atoms with van der Waals surface area (Å²) in [5.41, 5.74) is 8.38. The van der Waals surface area contributed by atoms with E-state index in [2.05, 4.69) is 44.9 Å². The molecule has 1 aromatic rings. The molecule has 0 aromatic heterocycles. The lowest BCUT2D eigenvalue weighted by atomic mass is 9.87. The highest BCUT2D eigenvalue weighted by Crippen LogP contribution is 2.38. The number of nitrogen functional groups attached to an aromatic ring is 1. The van der Waals surface area contributed by atoms with Gasteiger partial charge in [-0.05, 0) is 66.8 Å². The molecular formula is C21H34N2S. The van der Waals surface area contributed by atoms with Crippen molar-refractivity contribution in [2.45, 2.75) is 63.2 Å². The van der Waals surface area contributed by atoms with Crippen LogP contribution in [0.4, 0.5) is 5.69 Å². The highest BCUT2D eigenvalue weighted by molar-refractivity contribution is 8.03. The van der Waals surface area contributed by atoms with E-state index in [9.17, 15) is 0 Å². The van der Waals surface area contributed by atoms with Crippen LogP contribution in [-0.2, 0) is 0 Å². The van der Waals surface area contributed by atoms with Gasteiger partial charge >= 0.3 is 0 Å². The van der Waals surface area contributed by atoms with Crippen molar-refractivity contribution in [3.05, 3.63) is 35.2 Å². The third-order valence-electron chi connectivity index (χ3n) is 5.29. The van der Waals surface area contributed by atoms with E-state index in [4.69, 9.17) is 5.73 Å². The van der Waals surface area contributed by atoms with E-state index in [1.54, 1.807) is 11.8 Å². The average Bonchev–Trinajstić information content (AvgIpc) is 3.07. The Balaban J connectivity index is 1.91. The van der Waals surface area contributed by atoms with Crippen LogP contribution in [0.5, 0.6) is 0 Å². The number of benzene rings is 1. The van der Waals surface area contributed by atoms with Gasteiger partial charge in [0.1, 0.15) is 0 Å². The Morgan fingerprint density at radius 2 is 2.04 bits per heavy atom. The summed E-state index contributed by atoms with van der Waals surface area (Å²) in [6, 6.07) is 6.40. The fourth-order valence-corrected chi connectivity index (χ4v) is 4.66. The molecule has 2 nitrogen and oxygen atoms in total. The smallest absolute Gasteiger partial charge is 0.0455 e. The van der Waals surface area contributed by atoms with Gasteiger partial charge in [-0.15, -0.1) is 0 Å². The van der Waals surface area contributed by atoms with E-state index in [0.717, 1.165) is 35.4 Å². The maximum Gasteiger partial charge on any atom is 0.0455 e. The van der Waals surface area contributed by atoms with Gasteiger partial charge in [0.05, 0.1) is 0 Å². The Morgan fingerprint density at radius 1 is 1.33 bits per heavy atom. The van der Waals surface area contributed by atoms with E-state index >= 15 is 0 Å². The normalized spacial score (nSPS) is 16.7. The second kappa shape index (κ2) is 9.53. The fourth-order valence-electron chi connectivity index (χ4n) is 3.75. The lowest BCUT2D eigenvalue weighted by Crippen LogP contribution is -2.24. The van der Waals surface area contributed by atoms with Crippen molar-refractivity contribution in [1.82, 2.24) is 5.32 Å². The molecule has 1 aromatic carbocycles. The molecule has 1 atom stereocenters. The van der Waals surface area contributed by atoms with Gasteiger partial charge in [0.2, 0.25) is 0 Å². The number of anilines is 1. The van der Waals surface area contributed by atoms with Crippen LogP contribution in [0.25, 0.3) is 0 Å². The first-order valence-corrected chi connectivity index (χ1v) is 10.2. The van der Waals surface area contributed by atoms with E-state index < -0.39 is 0 Å². The molecule has 1 saturated carbocycles. The van der Waals surface area contributed by atoms with E-state index in [1.807, 2.05) is 6.07 Å². The predicted octanol–water partition coefficient (Wildman–Crippen LogP) is 5.80. The van der Waals surface area contributed by atoms with Crippen molar-refractivity contribution in [3.63, 3.8) is 0 Å². The van der Waals surface area contributed by atoms with Gasteiger partial charge in [0, 0.05) is 10.6 Å². The Labute approximate surface area is 152 Å². The lowest BCUT2D eigenvalue weighted by Gasteiger charge is -2.23. The van der Waals surface area contributed by atoms with Crippen LogP contribution in [0.2, 0.25) is 0 Å². The van der Waals surface area contributed by atoms with Gasteiger partial charge < -0.3 is 11.1 Å². The maximum absolute atomic E-state index is 6.17. The standard InChI is InChI=1S/C21H34N2S/c1-15(2)18-11-12-20(22)21(13-18)24-16(3)9-10-19(14-23-4)17-7-5-6-8-17/h11-13,15,17,19,23H,3,5-10,14,22H2,1-2,4H3. The summed E-state index contributed by atoms with van der Waals surface area (Å²) < 4.78 is 0. The first kappa shape index (κ1) is 19.4. The molecule has 0 heterocycles. The van der Waals surface area contributed by atoms with Crippen LogP contribution in [0.1, 0.15) is 63.9 Å². The highest BCUT2D eigenvalue weighted by atomic mass is 32.2. The lowest BCUT2D eigenvalue weighted by molar-refractivity contribution is 0.312. The summed E-state index contributed by atoms with van der Waals surface area (Å²) in [7, 11) is 2.07. The molecule has 0 spiro atoms. The Hall–Kier alpha value is -0.930. The second-order valence-electron chi connectivity index (χ2n) is 7.49. The minimum atomic E-state index is 0.528. The maximum atomic E-state index is 6.17. The van der Waals surface area contributed by atoms with Gasteiger partial charge in [0.15, 0.2) is 0 Å². The summed E-state index contributed by atoms with van der Waals surface area (Å²) >= 11 is 1.76. The molecule has 3 heteroatoms. The summed E-state index contributed by atoms with van der Waals surface area (Å²) in [5.74, 6) is 2.22. The molecule has 1 aliphatic rings. The topological polar surface area (TPSA) is 38.0 Å². The minimum absolute atomic E-state index is 0.528. The number of rotatable bonds is 9. The van der Waals surface area contributed by atoms with Crippen LogP contribution in [0, 0.1) is 11.8 Å². The van der Waals surface area contributed by atoms with Crippen LogP contribution in [-0.4, -0.2) is 13.6 Å². The molecule has 134 valence electrons. The molecular weight excluding hydrogens is 312 g/mol. The molecule has 0 bridgehead atoms. The van der Waals surface area contributed by atoms with E-state index in [-0.39, 0.29) is 0 Å². The number of nitrogens with two attached hydrogens (primary N) is 1. The molecule has 0 aliphatic heterocycles. The number of hydrogen-bond donors (Lipinski definition) is 2. The zero-order valence-electron chi connectivity index (χ0n) is 15.6. The molecule has 3 N–H and O–H groups in total. The average molecular weight is 347 g/mol. The van der Waals surface area contributed by atoms with Crippen molar-refractivity contribution < 1.29 is 0 Å². The molecule has 1 aliphatic carbocycles. The van der Waals surface area contributed by atoms with Crippen LogP contribution in [0.15, 0.2) is 34.6 Å². The summed E-state index contributed by atoms with van der Waals surface area (Å²) in [5, 5.41) is 3.39. The van der Waals surface area contributed by atoms with Crippen molar-refractivity contribution in [1.29, 1.82) is 0 Å². The van der Waals surface area contributed by atoms with E-state index in [1.165, 1.54) is 42.6 Å². The summed E-state index contributed by atoms with van der Waals surface area (Å²) in [6.07, 6.45) is 7.98. The van der Waals surface area contributed by atoms with Crippen molar-refractivity contribution in [2.75, 3.05) is 19.3 Å². The quantitative estimate of drug-likeness (QED) is 0.438. The molecule has 24 heavy (non-hydrogen) atoms. The van der Waals surface area contributed by atoms with Crippen LogP contribution >= 0.6 is 11.8 Å². The van der Waals surface area contributed by atoms with Crippen molar-refractivity contribution >= 4 is 17.4 Å². The SMILES string of the molecule is C=C(CCC(CNC)C1CCCC1)Sc1cc(C(C)C)ccc1N. The summed E-state index contributed by atoms with van der Waals surface area (Å²) in [4.78, 5) is 2.40. The number of thioether (sulfide) groups is 1. The third kappa shape index (κ3) is 5.56.